The summed E-state index contributed by atoms with van der Waals surface area (Å²) in [6, 6.07) is 15.6. The zero-order valence-corrected chi connectivity index (χ0v) is 16.2. The van der Waals surface area contributed by atoms with Gasteiger partial charge in [-0.05, 0) is 56.4 Å². The molecule has 1 aliphatic carbocycles. The van der Waals surface area contributed by atoms with E-state index < -0.39 is 0 Å². The van der Waals surface area contributed by atoms with E-state index in [0.717, 1.165) is 35.5 Å². The van der Waals surface area contributed by atoms with Crippen molar-refractivity contribution in [2.45, 2.75) is 45.4 Å². The number of hydrogen-bond donors (Lipinski definition) is 2. The van der Waals surface area contributed by atoms with E-state index in [4.69, 9.17) is 9.47 Å². The van der Waals surface area contributed by atoms with Gasteiger partial charge in [-0.15, -0.1) is 0 Å². The van der Waals surface area contributed by atoms with Gasteiger partial charge in [-0.3, -0.25) is 0 Å². The van der Waals surface area contributed by atoms with E-state index in [-0.39, 0.29) is 18.2 Å². The summed E-state index contributed by atoms with van der Waals surface area (Å²) >= 11 is 0. The highest BCUT2D eigenvalue weighted by atomic mass is 16.5. The van der Waals surface area contributed by atoms with Crippen molar-refractivity contribution >= 4 is 6.03 Å². The van der Waals surface area contributed by atoms with Gasteiger partial charge in [0.15, 0.2) is 0 Å². The third-order valence-electron chi connectivity index (χ3n) is 4.63. The average molecular weight is 368 g/mol. The molecule has 0 spiro atoms. The maximum absolute atomic E-state index is 12.5. The summed E-state index contributed by atoms with van der Waals surface area (Å²) in [5.41, 5.74) is 2.07. The van der Waals surface area contributed by atoms with E-state index in [2.05, 4.69) is 10.6 Å². The lowest BCUT2D eigenvalue weighted by molar-refractivity contribution is 0.232. The Hall–Kier alpha value is -2.69. The molecule has 3 rings (SSSR count). The van der Waals surface area contributed by atoms with Gasteiger partial charge < -0.3 is 20.1 Å². The standard InChI is InChI=1S/C22H28N2O3/c1-15(2)27-20-7-5-4-6-18(20)14-23-22(25)24-21(16-8-9-16)17-10-12-19(26-3)13-11-17/h4-7,10-13,15-16,21H,8-9,14H2,1-3H3,(H2,23,24,25). The molecule has 0 radical (unpaired) electrons. The summed E-state index contributed by atoms with van der Waals surface area (Å²) in [6.45, 7) is 4.41. The van der Waals surface area contributed by atoms with E-state index in [0.29, 0.717) is 12.5 Å². The maximum Gasteiger partial charge on any atom is 0.315 e. The third-order valence-corrected chi connectivity index (χ3v) is 4.63. The first-order valence-electron chi connectivity index (χ1n) is 9.49. The number of carbonyl (C=O) groups excluding carboxylic acids is 1. The normalized spacial score (nSPS) is 14.5. The fourth-order valence-electron chi connectivity index (χ4n) is 3.10. The molecule has 5 heteroatoms. The molecule has 2 aromatic carbocycles. The van der Waals surface area contributed by atoms with Gasteiger partial charge in [-0.2, -0.15) is 0 Å². The number of rotatable bonds is 8. The van der Waals surface area contributed by atoms with Crippen LogP contribution in [0.2, 0.25) is 0 Å². The molecule has 0 aliphatic heterocycles. The minimum atomic E-state index is -0.165. The monoisotopic (exact) mass is 368 g/mol. The van der Waals surface area contributed by atoms with E-state index >= 15 is 0 Å². The van der Waals surface area contributed by atoms with Crippen LogP contribution in [0.1, 0.15) is 43.9 Å². The summed E-state index contributed by atoms with van der Waals surface area (Å²) in [6.07, 6.45) is 2.37. The molecule has 2 aromatic rings. The Kier molecular flexibility index (Phi) is 6.22. The summed E-state index contributed by atoms with van der Waals surface area (Å²) in [4.78, 5) is 12.5. The summed E-state index contributed by atoms with van der Waals surface area (Å²) in [5.74, 6) is 2.13. The van der Waals surface area contributed by atoms with Crippen LogP contribution in [-0.2, 0) is 6.54 Å². The lowest BCUT2D eigenvalue weighted by atomic mass is 10.0. The molecule has 27 heavy (non-hydrogen) atoms. The van der Waals surface area contributed by atoms with E-state index in [1.807, 2.05) is 62.4 Å². The Morgan fingerprint density at radius 2 is 1.81 bits per heavy atom. The smallest absolute Gasteiger partial charge is 0.315 e. The molecule has 0 saturated heterocycles. The first kappa shape index (κ1) is 19.1. The number of hydrogen-bond acceptors (Lipinski definition) is 3. The third kappa shape index (κ3) is 5.39. The molecule has 1 atom stereocenters. The highest BCUT2D eigenvalue weighted by Gasteiger charge is 2.33. The van der Waals surface area contributed by atoms with Gasteiger partial charge in [0.1, 0.15) is 11.5 Å². The Morgan fingerprint density at radius 3 is 2.44 bits per heavy atom. The number of nitrogens with one attached hydrogen (secondary N) is 2. The van der Waals surface area contributed by atoms with Crippen LogP contribution in [0.5, 0.6) is 11.5 Å². The van der Waals surface area contributed by atoms with Crippen LogP contribution in [0.25, 0.3) is 0 Å². The molecule has 2 N–H and O–H groups in total. The molecule has 0 heterocycles. The predicted octanol–water partition coefficient (Wildman–Crippen LogP) is 4.43. The van der Waals surface area contributed by atoms with Gasteiger partial charge >= 0.3 is 6.03 Å². The maximum atomic E-state index is 12.5. The van der Waals surface area contributed by atoms with Crippen molar-refractivity contribution in [3.63, 3.8) is 0 Å². The second-order valence-electron chi connectivity index (χ2n) is 7.19. The van der Waals surface area contributed by atoms with Crippen LogP contribution in [-0.4, -0.2) is 19.2 Å². The molecule has 2 amide bonds. The van der Waals surface area contributed by atoms with Crippen molar-refractivity contribution in [2.75, 3.05) is 7.11 Å². The topological polar surface area (TPSA) is 59.6 Å². The lowest BCUT2D eigenvalue weighted by Gasteiger charge is -2.20. The first-order chi connectivity index (χ1) is 13.1. The van der Waals surface area contributed by atoms with Gasteiger partial charge in [-0.25, -0.2) is 4.79 Å². The van der Waals surface area contributed by atoms with Gasteiger partial charge in [0, 0.05) is 12.1 Å². The van der Waals surface area contributed by atoms with Crippen LogP contribution in [0.15, 0.2) is 48.5 Å². The van der Waals surface area contributed by atoms with E-state index in [1.165, 1.54) is 0 Å². The summed E-state index contributed by atoms with van der Waals surface area (Å²) in [7, 11) is 1.65. The van der Waals surface area contributed by atoms with Crippen LogP contribution < -0.4 is 20.1 Å². The van der Waals surface area contributed by atoms with Crippen molar-refractivity contribution in [1.29, 1.82) is 0 Å². The van der Waals surface area contributed by atoms with E-state index in [9.17, 15) is 4.79 Å². The van der Waals surface area contributed by atoms with Crippen molar-refractivity contribution in [1.82, 2.24) is 10.6 Å². The average Bonchev–Trinajstić information content (AvgIpc) is 3.50. The zero-order valence-electron chi connectivity index (χ0n) is 16.2. The number of methoxy groups -OCH3 is 1. The quantitative estimate of drug-likeness (QED) is 0.724. The molecule has 144 valence electrons. The van der Waals surface area contributed by atoms with Crippen molar-refractivity contribution in [3.8, 4) is 11.5 Å². The fourth-order valence-corrected chi connectivity index (χ4v) is 3.10. The number of urea groups is 1. The second kappa shape index (κ2) is 8.80. The predicted molar refractivity (Wildman–Crippen MR) is 106 cm³/mol. The van der Waals surface area contributed by atoms with E-state index in [1.54, 1.807) is 7.11 Å². The summed E-state index contributed by atoms with van der Waals surface area (Å²) in [5, 5.41) is 6.09. The largest absolute Gasteiger partial charge is 0.497 e. The molecule has 1 fully saturated rings. The van der Waals surface area contributed by atoms with Gasteiger partial charge in [0.2, 0.25) is 0 Å². The molecule has 0 bridgehead atoms. The molecule has 1 aliphatic rings. The lowest BCUT2D eigenvalue weighted by Crippen LogP contribution is -2.38. The molecule has 1 unspecified atom stereocenters. The number of benzene rings is 2. The number of ether oxygens (including phenoxy) is 2. The van der Waals surface area contributed by atoms with Gasteiger partial charge in [-0.1, -0.05) is 30.3 Å². The molecule has 1 saturated carbocycles. The summed E-state index contributed by atoms with van der Waals surface area (Å²) < 4.78 is 11.0. The van der Waals surface area contributed by atoms with Gasteiger partial charge in [0.25, 0.3) is 0 Å². The van der Waals surface area contributed by atoms with Crippen LogP contribution in [0, 0.1) is 5.92 Å². The van der Waals surface area contributed by atoms with Crippen LogP contribution in [0.3, 0.4) is 0 Å². The highest BCUT2D eigenvalue weighted by Crippen LogP contribution is 2.41. The Bertz CT molecular complexity index is 754. The van der Waals surface area contributed by atoms with Gasteiger partial charge in [0.05, 0.1) is 19.3 Å². The van der Waals surface area contributed by atoms with Crippen molar-refractivity contribution in [2.24, 2.45) is 5.92 Å². The van der Waals surface area contributed by atoms with Crippen molar-refractivity contribution in [3.05, 3.63) is 59.7 Å². The number of para-hydroxylation sites is 1. The highest BCUT2D eigenvalue weighted by molar-refractivity contribution is 5.74. The molecule has 0 aromatic heterocycles. The SMILES string of the molecule is COc1ccc(C(NC(=O)NCc2ccccc2OC(C)C)C2CC2)cc1. The Balaban J connectivity index is 1.60. The Labute approximate surface area is 161 Å². The number of amides is 2. The first-order valence-corrected chi connectivity index (χ1v) is 9.49. The zero-order chi connectivity index (χ0) is 19.2. The van der Waals surface area contributed by atoms with Crippen LogP contribution >= 0.6 is 0 Å². The molecule has 5 nitrogen and oxygen atoms in total. The number of carbonyl (C=O) groups is 1. The second-order valence-corrected chi connectivity index (χ2v) is 7.19. The van der Waals surface area contributed by atoms with Crippen molar-refractivity contribution < 1.29 is 14.3 Å². The van der Waals surface area contributed by atoms with Crippen LogP contribution in [0.4, 0.5) is 4.79 Å². The minimum absolute atomic E-state index is 0.0260. The molecular weight excluding hydrogens is 340 g/mol. The minimum Gasteiger partial charge on any atom is -0.497 e. The molecular formula is C22H28N2O3. The Morgan fingerprint density at radius 1 is 1.11 bits per heavy atom. The fraction of sp³-hybridized carbons (Fsp3) is 0.409.